The van der Waals surface area contributed by atoms with E-state index in [0.29, 0.717) is 8.59 Å². The van der Waals surface area contributed by atoms with Crippen LogP contribution in [-0.4, -0.2) is 0 Å². The lowest BCUT2D eigenvalue weighted by Gasteiger charge is -2.02. The molecule has 0 amide bonds. The molecule has 0 saturated heterocycles. The van der Waals surface area contributed by atoms with Crippen LogP contribution >= 0.6 is 34.2 Å². The molecule has 0 saturated carbocycles. The summed E-state index contributed by atoms with van der Waals surface area (Å²) in [6.45, 7) is 2.00. The molecule has 0 N–H and O–H groups in total. The van der Waals surface area contributed by atoms with Gasteiger partial charge in [-0.05, 0) is 40.6 Å². The van der Waals surface area contributed by atoms with Crippen LogP contribution in [-0.2, 0) is 6.42 Å². The fraction of sp³-hybridized carbons (Fsp3) is 0.250. The highest BCUT2D eigenvalue weighted by Gasteiger charge is 2.06. The van der Waals surface area contributed by atoms with Gasteiger partial charge in [-0.1, -0.05) is 24.6 Å². The average molecular weight is 284 g/mol. The zero-order chi connectivity index (χ0) is 8.43. The first kappa shape index (κ1) is 9.26. The minimum Gasteiger partial charge on any atom is -0.206 e. The van der Waals surface area contributed by atoms with E-state index >= 15 is 0 Å². The highest BCUT2D eigenvalue weighted by molar-refractivity contribution is 14.1. The molecule has 0 aliphatic rings. The standard InChI is InChI=1S/C8H7ClFI/c1-2-5-3-4-6(10)8(11)7(5)9/h3-4H,2H2,1H3. The maximum atomic E-state index is 12.8. The van der Waals surface area contributed by atoms with Crippen LogP contribution in [0.4, 0.5) is 4.39 Å². The summed E-state index contributed by atoms with van der Waals surface area (Å²) in [5.41, 5.74) is 0.998. The zero-order valence-electron chi connectivity index (χ0n) is 6.00. The fourth-order valence-electron chi connectivity index (χ4n) is 0.839. The molecular weight excluding hydrogens is 277 g/mol. The van der Waals surface area contributed by atoms with Gasteiger partial charge in [-0.15, -0.1) is 0 Å². The molecule has 1 rings (SSSR count). The highest BCUT2D eigenvalue weighted by Crippen LogP contribution is 2.25. The largest absolute Gasteiger partial charge is 0.206 e. The van der Waals surface area contributed by atoms with Gasteiger partial charge in [0.05, 0.1) is 8.59 Å². The molecule has 0 bridgehead atoms. The number of aryl methyl sites for hydroxylation is 1. The number of halogens is 3. The second-order valence-corrected chi connectivity index (χ2v) is 3.64. The van der Waals surface area contributed by atoms with Gasteiger partial charge in [-0.3, -0.25) is 0 Å². The molecule has 1 aromatic carbocycles. The lowest BCUT2D eigenvalue weighted by molar-refractivity contribution is 0.619. The molecule has 0 radical (unpaired) electrons. The lowest BCUT2D eigenvalue weighted by atomic mass is 10.2. The predicted molar refractivity (Wildman–Crippen MR) is 53.5 cm³/mol. The summed E-state index contributed by atoms with van der Waals surface area (Å²) in [4.78, 5) is 0. The van der Waals surface area contributed by atoms with Crippen LogP contribution in [0.2, 0.25) is 5.02 Å². The normalized spacial score (nSPS) is 10.2. The van der Waals surface area contributed by atoms with Gasteiger partial charge >= 0.3 is 0 Å². The molecule has 0 aromatic heterocycles. The Kier molecular flexibility index (Phi) is 3.13. The molecule has 3 heteroatoms. The highest BCUT2D eigenvalue weighted by atomic mass is 127. The molecule has 0 spiro atoms. The Morgan fingerprint density at radius 1 is 1.55 bits per heavy atom. The van der Waals surface area contributed by atoms with Crippen molar-refractivity contribution in [3.05, 3.63) is 32.1 Å². The van der Waals surface area contributed by atoms with Crippen LogP contribution in [0.5, 0.6) is 0 Å². The summed E-state index contributed by atoms with van der Waals surface area (Å²) < 4.78 is 13.3. The van der Waals surface area contributed by atoms with Gasteiger partial charge in [0, 0.05) is 0 Å². The second-order valence-electron chi connectivity index (χ2n) is 2.19. The third-order valence-corrected chi connectivity index (χ3v) is 3.30. The van der Waals surface area contributed by atoms with Crippen LogP contribution in [0.3, 0.4) is 0 Å². The number of hydrogen-bond donors (Lipinski definition) is 0. The van der Waals surface area contributed by atoms with E-state index in [-0.39, 0.29) is 5.82 Å². The summed E-state index contributed by atoms with van der Waals surface area (Å²) in [6.07, 6.45) is 0.842. The average Bonchev–Trinajstić information content (AvgIpc) is 2.01. The van der Waals surface area contributed by atoms with Crippen molar-refractivity contribution >= 4 is 34.2 Å². The summed E-state index contributed by atoms with van der Waals surface area (Å²) >= 11 is 7.76. The summed E-state index contributed by atoms with van der Waals surface area (Å²) in [7, 11) is 0. The maximum Gasteiger partial charge on any atom is 0.138 e. The Labute approximate surface area is 83.9 Å². The molecule has 0 nitrogen and oxygen atoms in total. The Morgan fingerprint density at radius 3 is 2.73 bits per heavy atom. The molecule has 0 heterocycles. The van der Waals surface area contributed by atoms with E-state index in [1.54, 1.807) is 6.07 Å². The van der Waals surface area contributed by atoms with E-state index in [0.717, 1.165) is 12.0 Å². The van der Waals surface area contributed by atoms with Crippen molar-refractivity contribution in [1.82, 2.24) is 0 Å². The first-order valence-electron chi connectivity index (χ1n) is 3.29. The number of benzene rings is 1. The predicted octanol–water partition coefficient (Wildman–Crippen LogP) is 3.65. The van der Waals surface area contributed by atoms with E-state index < -0.39 is 0 Å². The molecule has 0 fully saturated rings. The van der Waals surface area contributed by atoms with Crippen LogP contribution < -0.4 is 0 Å². The molecule has 0 atom stereocenters. The van der Waals surface area contributed by atoms with Gasteiger partial charge < -0.3 is 0 Å². The van der Waals surface area contributed by atoms with Gasteiger partial charge in [-0.2, -0.15) is 0 Å². The summed E-state index contributed by atoms with van der Waals surface area (Å²) in [5.74, 6) is -0.243. The minimum absolute atomic E-state index is 0.243. The number of rotatable bonds is 1. The van der Waals surface area contributed by atoms with E-state index in [4.69, 9.17) is 11.6 Å². The minimum atomic E-state index is -0.243. The quantitative estimate of drug-likeness (QED) is 0.545. The van der Waals surface area contributed by atoms with Crippen LogP contribution in [0.25, 0.3) is 0 Å². The van der Waals surface area contributed by atoms with Crippen LogP contribution in [0.1, 0.15) is 12.5 Å². The van der Waals surface area contributed by atoms with Crippen molar-refractivity contribution in [3.8, 4) is 0 Å². The van der Waals surface area contributed by atoms with Gasteiger partial charge in [0.25, 0.3) is 0 Å². The molecule has 1 aromatic rings. The van der Waals surface area contributed by atoms with Crippen LogP contribution in [0, 0.1) is 9.39 Å². The Morgan fingerprint density at radius 2 is 2.18 bits per heavy atom. The maximum absolute atomic E-state index is 12.8. The van der Waals surface area contributed by atoms with Crippen molar-refractivity contribution < 1.29 is 4.39 Å². The van der Waals surface area contributed by atoms with Crippen molar-refractivity contribution in [2.75, 3.05) is 0 Å². The van der Waals surface area contributed by atoms with Crippen LogP contribution in [0.15, 0.2) is 12.1 Å². The summed E-state index contributed by atoms with van der Waals surface area (Å²) in [5, 5.41) is 0.549. The van der Waals surface area contributed by atoms with Gasteiger partial charge in [-0.25, -0.2) is 4.39 Å². The third-order valence-electron chi connectivity index (χ3n) is 1.50. The third kappa shape index (κ3) is 1.85. The Bertz CT molecular complexity index is 273. The molecule has 11 heavy (non-hydrogen) atoms. The van der Waals surface area contributed by atoms with E-state index in [9.17, 15) is 4.39 Å². The van der Waals surface area contributed by atoms with E-state index in [1.807, 2.05) is 29.5 Å². The van der Waals surface area contributed by atoms with E-state index in [1.165, 1.54) is 6.07 Å². The van der Waals surface area contributed by atoms with Crippen molar-refractivity contribution in [2.45, 2.75) is 13.3 Å². The first-order valence-corrected chi connectivity index (χ1v) is 4.75. The Hall–Kier alpha value is 0.170. The van der Waals surface area contributed by atoms with E-state index in [2.05, 4.69) is 0 Å². The lowest BCUT2D eigenvalue weighted by Crippen LogP contribution is -1.89. The molecule has 60 valence electrons. The molecule has 0 unspecified atom stereocenters. The zero-order valence-corrected chi connectivity index (χ0v) is 8.91. The fourth-order valence-corrected chi connectivity index (χ4v) is 1.65. The molecule has 0 aliphatic carbocycles. The monoisotopic (exact) mass is 284 g/mol. The smallest absolute Gasteiger partial charge is 0.138 e. The van der Waals surface area contributed by atoms with Gasteiger partial charge in [0.15, 0.2) is 0 Å². The molecular formula is C8H7ClFI. The SMILES string of the molecule is CCc1ccc(F)c(I)c1Cl. The van der Waals surface area contributed by atoms with Gasteiger partial charge in [0.1, 0.15) is 5.82 Å². The molecule has 0 aliphatic heterocycles. The second kappa shape index (κ2) is 3.72. The number of hydrogen-bond acceptors (Lipinski definition) is 0. The first-order chi connectivity index (χ1) is 5.16. The van der Waals surface area contributed by atoms with Crippen molar-refractivity contribution in [1.29, 1.82) is 0 Å². The van der Waals surface area contributed by atoms with Gasteiger partial charge in [0.2, 0.25) is 0 Å². The van der Waals surface area contributed by atoms with Crippen molar-refractivity contribution in [3.63, 3.8) is 0 Å². The Balaban J connectivity index is 3.25. The summed E-state index contributed by atoms with van der Waals surface area (Å²) in [6, 6.07) is 3.17. The topological polar surface area (TPSA) is 0 Å². The van der Waals surface area contributed by atoms with Crippen molar-refractivity contribution in [2.24, 2.45) is 0 Å².